The molecule has 1 aliphatic rings. The van der Waals surface area contributed by atoms with Crippen molar-refractivity contribution >= 4 is 0 Å². The second kappa shape index (κ2) is 5.65. The van der Waals surface area contributed by atoms with E-state index in [4.69, 9.17) is 10.5 Å². The molecule has 0 aliphatic carbocycles. The van der Waals surface area contributed by atoms with Gasteiger partial charge in [0, 0.05) is 18.8 Å². The predicted molar refractivity (Wildman–Crippen MR) is 71.1 cm³/mol. The van der Waals surface area contributed by atoms with Gasteiger partial charge in [-0.05, 0) is 43.2 Å². The Balaban J connectivity index is 2.02. The van der Waals surface area contributed by atoms with Gasteiger partial charge < -0.3 is 10.5 Å². The molecule has 1 unspecified atom stereocenters. The van der Waals surface area contributed by atoms with E-state index < -0.39 is 0 Å². The van der Waals surface area contributed by atoms with Crippen molar-refractivity contribution in [3.05, 3.63) is 35.4 Å². The molecular weight excluding hydrogens is 210 g/mol. The molecule has 1 atom stereocenters. The smallest absolute Gasteiger partial charge is 0.0483 e. The molecule has 1 aromatic rings. The highest BCUT2D eigenvalue weighted by Crippen LogP contribution is 2.23. The van der Waals surface area contributed by atoms with Crippen molar-refractivity contribution in [2.24, 2.45) is 5.73 Å². The third-order valence-electron chi connectivity index (χ3n) is 3.70. The first kappa shape index (κ1) is 12.6. The highest BCUT2D eigenvalue weighted by molar-refractivity contribution is 5.24. The van der Waals surface area contributed by atoms with Crippen molar-refractivity contribution < 1.29 is 4.74 Å². The number of nitrogens with two attached hydrogens (primary N) is 1. The third kappa shape index (κ3) is 3.55. The van der Waals surface area contributed by atoms with Crippen LogP contribution in [0.15, 0.2) is 24.3 Å². The Hall–Kier alpha value is -0.860. The van der Waals surface area contributed by atoms with E-state index in [1.54, 1.807) is 0 Å². The van der Waals surface area contributed by atoms with E-state index in [9.17, 15) is 0 Å². The Labute approximate surface area is 104 Å². The zero-order chi connectivity index (χ0) is 12.1. The van der Waals surface area contributed by atoms with Gasteiger partial charge in [0.15, 0.2) is 0 Å². The van der Waals surface area contributed by atoms with Gasteiger partial charge in [0.25, 0.3) is 0 Å². The summed E-state index contributed by atoms with van der Waals surface area (Å²) in [6.07, 6.45) is 5.21. The van der Waals surface area contributed by atoms with Gasteiger partial charge >= 0.3 is 0 Å². The largest absolute Gasteiger partial charge is 0.381 e. The molecule has 1 fully saturated rings. The number of benzene rings is 1. The molecular formula is C15H23NO. The molecule has 0 spiro atoms. The lowest BCUT2D eigenvalue weighted by molar-refractivity contribution is 0.139. The molecule has 0 radical (unpaired) electrons. The molecule has 0 saturated carbocycles. The first-order chi connectivity index (χ1) is 8.22. The first-order valence-corrected chi connectivity index (χ1v) is 6.66. The fourth-order valence-electron chi connectivity index (χ4n) is 2.50. The van der Waals surface area contributed by atoms with Crippen molar-refractivity contribution in [2.75, 3.05) is 13.2 Å². The molecule has 2 rings (SSSR count). The average Bonchev–Trinajstić information content (AvgIpc) is 2.55. The molecule has 2 nitrogen and oxygen atoms in total. The monoisotopic (exact) mass is 233 g/mol. The van der Waals surface area contributed by atoms with E-state index in [0.29, 0.717) is 0 Å². The molecule has 17 heavy (non-hydrogen) atoms. The molecule has 1 aromatic carbocycles. The summed E-state index contributed by atoms with van der Waals surface area (Å²) >= 11 is 0. The van der Waals surface area contributed by atoms with Crippen LogP contribution < -0.4 is 5.73 Å². The number of aryl methyl sites for hydroxylation is 1. The minimum Gasteiger partial charge on any atom is -0.381 e. The van der Waals surface area contributed by atoms with Crippen LogP contribution in [0.25, 0.3) is 0 Å². The summed E-state index contributed by atoms with van der Waals surface area (Å²) in [5.74, 6) is 0. The van der Waals surface area contributed by atoms with Crippen molar-refractivity contribution in [1.29, 1.82) is 0 Å². The van der Waals surface area contributed by atoms with Crippen molar-refractivity contribution in [3.8, 4) is 0 Å². The lowest BCUT2D eigenvalue weighted by Crippen LogP contribution is -2.42. The number of ether oxygens (including phenoxy) is 1. The van der Waals surface area contributed by atoms with Gasteiger partial charge in [-0.15, -0.1) is 0 Å². The van der Waals surface area contributed by atoms with Crippen LogP contribution in [0.1, 0.15) is 37.3 Å². The van der Waals surface area contributed by atoms with Crippen LogP contribution in [0.5, 0.6) is 0 Å². The summed E-state index contributed by atoms with van der Waals surface area (Å²) in [6.45, 7) is 3.86. The molecule has 2 N–H and O–H groups in total. The molecule has 2 heteroatoms. The minimum atomic E-state index is -0.0652. The zero-order valence-corrected chi connectivity index (χ0v) is 10.7. The van der Waals surface area contributed by atoms with Crippen LogP contribution in [0.4, 0.5) is 0 Å². The van der Waals surface area contributed by atoms with Crippen molar-refractivity contribution in [3.63, 3.8) is 0 Å². The number of rotatable bonds is 3. The molecule has 1 aliphatic heterocycles. The normalized spacial score (nSPS) is 25.5. The SMILES string of the molecule is CCc1ccc(CC2(N)CCCOCC2)cc1. The van der Waals surface area contributed by atoms with Gasteiger partial charge in [0.05, 0.1) is 0 Å². The predicted octanol–water partition coefficient (Wildman–Crippen LogP) is 2.69. The Bertz CT molecular complexity index is 336. The number of hydrogen-bond donors (Lipinski definition) is 1. The highest BCUT2D eigenvalue weighted by Gasteiger charge is 2.26. The fraction of sp³-hybridized carbons (Fsp3) is 0.600. The molecule has 0 amide bonds. The van der Waals surface area contributed by atoms with Gasteiger partial charge in [-0.2, -0.15) is 0 Å². The van der Waals surface area contributed by atoms with Crippen LogP contribution in [0.3, 0.4) is 0 Å². The zero-order valence-electron chi connectivity index (χ0n) is 10.7. The Morgan fingerprint density at radius 3 is 2.53 bits per heavy atom. The van der Waals surface area contributed by atoms with E-state index in [2.05, 4.69) is 31.2 Å². The van der Waals surface area contributed by atoms with Crippen molar-refractivity contribution in [1.82, 2.24) is 0 Å². The Morgan fingerprint density at radius 2 is 1.82 bits per heavy atom. The average molecular weight is 233 g/mol. The molecule has 1 saturated heterocycles. The first-order valence-electron chi connectivity index (χ1n) is 6.66. The molecule has 0 aromatic heterocycles. The Kier molecular flexibility index (Phi) is 4.19. The summed E-state index contributed by atoms with van der Waals surface area (Å²) in [5.41, 5.74) is 9.16. The quantitative estimate of drug-likeness (QED) is 0.871. The van der Waals surface area contributed by atoms with Crippen LogP contribution in [0, 0.1) is 0 Å². The summed E-state index contributed by atoms with van der Waals surface area (Å²) in [7, 11) is 0. The highest BCUT2D eigenvalue weighted by atomic mass is 16.5. The number of hydrogen-bond acceptors (Lipinski definition) is 2. The second-order valence-electron chi connectivity index (χ2n) is 5.18. The van der Waals surface area contributed by atoms with Crippen molar-refractivity contribution in [2.45, 2.75) is 44.6 Å². The molecule has 0 bridgehead atoms. The third-order valence-corrected chi connectivity index (χ3v) is 3.70. The van der Waals surface area contributed by atoms with Crippen LogP contribution >= 0.6 is 0 Å². The van der Waals surface area contributed by atoms with E-state index in [1.165, 1.54) is 11.1 Å². The Morgan fingerprint density at radius 1 is 1.12 bits per heavy atom. The lowest BCUT2D eigenvalue weighted by Gasteiger charge is -2.27. The second-order valence-corrected chi connectivity index (χ2v) is 5.18. The summed E-state index contributed by atoms with van der Waals surface area (Å²) in [6, 6.07) is 8.87. The lowest BCUT2D eigenvalue weighted by atomic mass is 9.85. The molecule has 1 heterocycles. The van der Waals surface area contributed by atoms with Gasteiger partial charge in [-0.1, -0.05) is 31.2 Å². The van der Waals surface area contributed by atoms with Gasteiger partial charge in [-0.3, -0.25) is 0 Å². The van der Waals surface area contributed by atoms with Gasteiger partial charge in [0.1, 0.15) is 0 Å². The van der Waals surface area contributed by atoms with E-state index >= 15 is 0 Å². The maximum Gasteiger partial charge on any atom is 0.0483 e. The molecule has 94 valence electrons. The summed E-state index contributed by atoms with van der Waals surface area (Å²) in [4.78, 5) is 0. The topological polar surface area (TPSA) is 35.2 Å². The van der Waals surface area contributed by atoms with Gasteiger partial charge in [-0.25, -0.2) is 0 Å². The summed E-state index contributed by atoms with van der Waals surface area (Å²) < 4.78 is 5.48. The van der Waals surface area contributed by atoms with Crippen LogP contribution in [-0.2, 0) is 17.6 Å². The fourth-order valence-corrected chi connectivity index (χ4v) is 2.50. The van der Waals surface area contributed by atoms with E-state index in [-0.39, 0.29) is 5.54 Å². The van der Waals surface area contributed by atoms with Crippen LogP contribution in [-0.4, -0.2) is 18.8 Å². The maximum absolute atomic E-state index is 6.48. The maximum atomic E-state index is 6.48. The van der Waals surface area contributed by atoms with Crippen LogP contribution in [0.2, 0.25) is 0 Å². The van der Waals surface area contributed by atoms with E-state index in [1.807, 2.05) is 0 Å². The van der Waals surface area contributed by atoms with Gasteiger partial charge in [0.2, 0.25) is 0 Å². The summed E-state index contributed by atoms with van der Waals surface area (Å²) in [5, 5.41) is 0. The standard InChI is InChI=1S/C15H23NO/c1-2-13-4-6-14(7-5-13)12-15(16)8-3-10-17-11-9-15/h4-7H,2-3,8-12,16H2,1H3. The van der Waals surface area contributed by atoms with E-state index in [0.717, 1.165) is 45.3 Å². The minimum absolute atomic E-state index is 0.0652.